The molecule has 1 aliphatic heterocycles. The van der Waals surface area contributed by atoms with Crippen molar-refractivity contribution in [3.05, 3.63) is 29.8 Å². The first-order valence-electron chi connectivity index (χ1n) is 8.31. The highest BCUT2D eigenvalue weighted by molar-refractivity contribution is 5.54. The summed E-state index contributed by atoms with van der Waals surface area (Å²) < 4.78 is 5.26. The quantitative estimate of drug-likeness (QED) is 0.871. The molecule has 1 aromatic rings. The molecule has 2 atom stereocenters. The molecule has 1 heterocycles. The molecule has 1 aromatic carbocycles. The van der Waals surface area contributed by atoms with Gasteiger partial charge in [0.25, 0.3) is 0 Å². The van der Waals surface area contributed by atoms with Crippen LogP contribution >= 0.6 is 0 Å². The molecule has 2 unspecified atom stereocenters. The number of nitrogens with one attached hydrogen (secondary N) is 1. The molecule has 1 N–H and O–H groups in total. The lowest BCUT2D eigenvalue weighted by atomic mass is 9.98. The smallest absolute Gasteiger partial charge is 0.0503 e. The van der Waals surface area contributed by atoms with Crippen LogP contribution in [0.5, 0.6) is 0 Å². The molecule has 0 aliphatic carbocycles. The third-order valence-corrected chi connectivity index (χ3v) is 4.67. The van der Waals surface area contributed by atoms with Gasteiger partial charge in [-0.1, -0.05) is 38.5 Å². The number of para-hydroxylation sites is 1. The van der Waals surface area contributed by atoms with E-state index in [-0.39, 0.29) is 0 Å². The van der Waals surface area contributed by atoms with E-state index in [1.165, 1.54) is 24.1 Å². The molecule has 3 nitrogen and oxygen atoms in total. The van der Waals surface area contributed by atoms with E-state index in [1.807, 2.05) is 0 Å². The average molecular weight is 290 g/mol. The molecule has 0 amide bonds. The van der Waals surface area contributed by atoms with Crippen LogP contribution in [0.2, 0.25) is 0 Å². The summed E-state index contributed by atoms with van der Waals surface area (Å²) in [6, 6.07) is 9.39. The Morgan fingerprint density at radius 2 is 2.19 bits per heavy atom. The molecule has 1 aliphatic rings. The van der Waals surface area contributed by atoms with E-state index in [2.05, 4.69) is 48.3 Å². The molecule has 1 saturated heterocycles. The molecule has 21 heavy (non-hydrogen) atoms. The maximum absolute atomic E-state index is 5.26. The van der Waals surface area contributed by atoms with E-state index in [1.54, 1.807) is 7.11 Å². The second-order valence-corrected chi connectivity index (χ2v) is 6.12. The lowest BCUT2D eigenvalue weighted by molar-refractivity contribution is 0.202. The van der Waals surface area contributed by atoms with Crippen LogP contribution in [0.3, 0.4) is 0 Å². The Morgan fingerprint density at radius 1 is 1.38 bits per heavy atom. The number of hydrogen-bond donors (Lipinski definition) is 1. The van der Waals surface area contributed by atoms with Crippen molar-refractivity contribution in [2.75, 3.05) is 38.3 Å². The van der Waals surface area contributed by atoms with E-state index in [0.29, 0.717) is 6.04 Å². The monoisotopic (exact) mass is 290 g/mol. The maximum atomic E-state index is 5.26. The van der Waals surface area contributed by atoms with Gasteiger partial charge in [-0.3, -0.25) is 0 Å². The van der Waals surface area contributed by atoms with Crippen LogP contribution < -0.4 is 10.2 Å². The van der Waals surface area contributed by atoms with Gasteiger partial charge in [0.15, 0.2) is 0 Å². The SMILES string of the molecule is CCC(C)C1CN(c2ccccc2CCOC)CCCN1. The molecule has 0 bridgehead atoms. The van der Waals surface area contributed by atoms with Crippen molar-refractivity contribution in [3.8, 4) is 0 Å². The van der Waals surface area contributed by atoms with Gasteiger partial charge in [-0.15, -0.1) is 0 Å². The normalized spacial score (nSPS) is 21.1. The summed E-state index contributed by atoms with van der Waals surface area (Å²) in [6.07, 6.45) is 3.44. The zero-order valence-corrected chi connectivity index (χ0v) is 13.8. The summed E-state index contributed by atoms with van der Waals surface area (Å²) in [6.45, 7) is 8.82. The van der Waals surface area contributed by atoms with Crippen molar-refractivity contribution in [1.82, 2.24) is 5.32 Å². The van der Waals surface area contributed by atoms with E-state index < -0.39 is 0 Å². The highest BCUT2D eigenvalue weighted by Crippen LogP contribution is 2.24. The predicted octanol–water partition coefficient (Wildman–Crippen LogP) is 3.09. The standard InChI is InChI=1S/C18H30N2O/c1-4-15(2)17-14-20(12-7-11-19-17)18-9-6-5-8-16(18)10-13-21-3/h5-6,8-9,15,17,19H,4,7,10-14H2,1-3H3. The molecule has 3 heteroatoms. The first-order valence-corrected chi connectivity index (χ1v) is 8.31. The lowest BCUT2D eigenvalue weighted by Crippen LogP contribution is -2.42. The minimum absolute atomic E-state index is 0.591. The van der Waals surface area contributed by atoms with Gasteiger partial charge in [0.2, 0.25) is 0 Å². The number of methoxy groups -OCH3 is 1. The zero-order valence-electron chi connectivity index (χ0n) is 13.8. The summed E-state index contributed by atoms with van der Waals surface area (Å²) in [7, 11) is 1.78. The summed E-state index contributed by atoms with van der Waals surface area (Å²) in [5.74, 6) is 0.719. The van der Waals surface area contributed by atoms with Crippen LogP contribution in [-0.4, -0.2) is 39.4 Å². The van der Waals surface area contributed by atoms with Crippen molar-refractivity contribution in [2.24, 2.45) is 5.92 Å². The first-order chi connectivity index (χ1) is 10.3. The van der Waals surface area contributed by atoms with E-state index in [9.17, 15) is 0 Å². The minimum Gasteiger partial charge on any atom is -0.384 e. The predicted molar refractivity (Wildman–Crippen MR) is 90.1 cm³/mol. The first kappa shape index (κ1) is 16.3. The van der Waals surface area contributed by atoms with E-state index in [0.717, 1.165) is 38.6 Å². The van der Waals surface area contributed by atoms with Crippen molar-refractivity contribution >= 4 is 5.69 Å². The minimum atomic E-state index is 0.591. The van der Waals surface area contributed by atoms with Crippen LogP contribution in [-0.2, 0) is 11.2 Å². The van der Waals surface area contributed by atoms with Crippen molar-refractivity contribution in [3.63, 3.8) is 0 Å². The number of nitrogens with zero attached hydrogens (tertiary/aromatic N) is 1. The Bertz CT molecular complexity index is 421. The zero-order chi connectivity index (χ0) is 15.1. The summed E-state index contributed by atoms with van der Waals surface area (Å²) in [5, 5.41) is 3.73. The number of rotatable bonds is 6. The highest BCUT2D eigenvalue weighted by atomic mass is 16.5. The number of hydrogen-bond acceptors (Lipinski definition) is 3. The Balaban J connectivity index is 2.15. The highest BCUT2D eigenvalue weighted by Gasteiger charge is 2.22. The van der Waals surface area contributed by atoms with Crippen molar-refractivity contribution in [1.29, 1.82) is 0 Å². The fourth-order valence-corrected chi connectivity index (χ4v) is 3.08. The summed E-state index contributed by atoms with van der Waals surface area (Å²) >= 11 is 0. The van der Waals surface area contributed by atoms with Crippen LogP contribution in [0.4, 0.5) is 5.69 Å². The Morgan fingerprint density at radius 3 is 2.95 bits per heavy atom. The summed E-state index contributed by atoms with van der Waals surface area (Å²) in [5.41, 5.74) is 2.80. The second kappa shape index (κ2) is 8.40. The van der Waals surface area contributed by atoms with Crippen LogP contribution in [0.25, 0.3) is 0 Å². The van der Waals surface area contributed by atoms with Gasteiger partial charge in [-0.25, -0.2) is 0 Å². The Kier molecular flexibility index (Phi) is 6.52. The lowest BCUT2D eigenvalue weighted by Gasteiger charge is -2.31. The largest absolute Gasteiger partial charge is 0.384 e. The third-order valence-electron chi connectivity index (χ3n) is 4.67. The average Bonchev–Trinajstić information content (AvgIpc) is 2.78. The van der Waals surface area contributed by atoms with Crippen LogP contribution in [0.1, 0.15) is 32.3 Å². The van der Waals surface area contributed by atoms with Gasteiger partial charge in [-0.2, -0.15) is 0 Å². The third kappa shape index (κ3) is 4.45. The topological polar surface area (TPSA) is 24.5 Å². The molecule has 0 saturated carbocycles. The number of anilines is 1. The van der Waals surface area contributed by atoms with Crippen molar-refractivity contribution < 1.29 is 4.74 Å². The van der Waals surface area contributed by atoms with Crippen LogP contribution in [0, 0.1) is 5.92 Å². The van der Waals surface area contributed by atoms with Gasteiger partial charge in [-0.05, 0) is 36.9 Å². The van der Waals surface area contributed by atoms with Crippen molar-refractivity contribution in [2.45, 2.75) is 39.2 Å². The fraction of sp³-hybridized carbons (Fsp3) is 0.667. The molecule has 118 valence electrons. The molecule has 1 fully saturated rings. The molecular formula is C18H30N2O. The molecule has 0 aromatic heterocycles. The molecular weight excluding hydrogens is 260 g/mol. The number of ether oxygens (including phenoxy) is 1. The second-order valence-electron chi connectivity index (χ2n) is 6.12. The van der Waals surface area contributed by atoms with Gasteiger partial charge >= 0.3 is 0 Å². The number of benzene rings is 1. The van der Waals surface area contributed by atoms with E-state index >= 15 is 0 Å². The fourth-order valence-electron chi connectivity index (χ4n) is 3.08. The summed E-state index contributed by atoms with van der Waals surface area (Å²) in [4.78, 5) is 2.57. The van der Waals surface area contributed by atoms with Gasteiger partial charge in [0, 0.05) is 31.9 Å². The molecule has 0 radical (unpaired) electrons. The van der Waals surface area contributed by atoms with Crippen LogP contribution in [0.15, 0.2) is 24.3 Å². The van der Waals surface area contributed by atoms with E-state index in [4.69, 9.17) is 4.74 Å². The van der Waals surface area contributed by atoms with Gasteiger partial charge < -0.3 is 15.0 Å². The molecule has 2 rings (SSSR count). The maximum Gasteiger partial charge on any atom is 0.0503 e. The van der Waals surface area contributed by atoms with Gasteiger partial charge in [0.1, 0.15) is 0 Å². The Labute approximate surface area is 129 Å². The Hall–Kier alpha value is -1.06. The molecule has 0 spiro atoms. The van der Waals surface area contributed by atoms with Gasteiger partial charge in [0.05, 0.1) is 6.61 Å².